The van der Waals surface area contributed by atoms with Crippen molar-refractivity contribution in [3.05, 3.63) is 23.8 Å². The largest absolute Gasteiger partial charge is 0.465 e. The topological polar surface area (TPSA) is 85.3 Å². The van der Waals surface area contributed by atoms with Crippen LogP contribution in [-0.2, 0) is 19.1 Å². The predicted octanol–water partition coefficient (Wildman–Crippen LogP) is 0.321. The highest BCUT2D eigenvalue weighted by molar-refractivity contribution is 6.23. The minimum atomic E-state index is -0.644. The van der Waals surface area contributed by atoms with E-state index in [1.165, 1.54) is 26.4 Å². The van der Waals surface area contributed by atoms with Gasteiger partial charge in [0.05, 0.1) is 37.5 Å². The molecular formula is C13H14N2O5. The fraction of sp³-hybridized carbons (Fsp3) is 0.385. The number of carbonyl (C=O) groups is 3. The molecule has 0 saturated carbocycles. The Bertz CT molecular complexity index is 547. The van der Waals surface area contributed by atoms with Crippen molar-refractivity contribution in [1.82, 2.24) is 4.90 Å². The van der Waals surface area contributed by atoms with E-state index in [0.29, 0.717) is 0 Å². The molecule has 1 aliphatic heterocycles. The van der Waals surface area contributed by atoms with Crippen LogP contribution in [0.3, 0.4) is 0 Å². The number of amides is 3. The van der Waals surface area contributed by atoms with Crippen LogP contribution in [0.25, 0.3) is 0 Å². The normalized spacial score (nSPS) is 21.3. The molecule has 7 heteroatoms. The lowest BCUT2D eigenvalue weighted by molar-refractivity contribution is -0.136. The summed E-state index contributed by atoms with van der Waals surface area (Å²) in [4.78, 5) is 40.3. The Morgan fingerprint density at radius 2 is 2.15 bits per heavy atom. The molecule has 2 rings (SSSR count). The molecule has 0 N–H and O–H groups in total. The first-order valence-corrected chi connectivity index (χ1v) is 5.99. The number of allylic oxidation sites excluding steroid dienone is 1. The van der Waals surface area contributed by atoms with Crippen LogP contribution in [0, 0.1) is 5.92 Å². The third-order valence-corrected chi connectivity index (χ3v) is 3.02. The predicted molar refractivity (Wildman–Crippen MR) is 69.1 cm³/mol. The van der Waals surface area contributed by atoms with Crippen molar-refractivity contribution in [3.8, 4) is 0 Å². The van der Waals surface area contributed by atoms with Gasteiger partial charge >= 0.3 is 12.0 Å². The highest BCUT2D eigenvalue weighted by Crippen LogP contribution is 2.22. The standard InChI is InChI=1S/C13H14N2O5/c1-19-6-5-15-11(16)9-4-3-8(12(17)20-2)7-10(9)14-13(15)18/h3-4,7,9H,5-6H2,1-2H3. The third-order valence-electron chi connectivity index (χ3n) is 3.02. The number of ether oxygens (including phenoxy) is 2. The average molecular weight is 278 g/mol. The number of urea groups is 1. The molecule has 0 aromatic heterocycles. The molecule has 0 aromatic carbocycles. The molecular weight excluding hydrogens is 264 g/mol. The number of carbonyl (C=O) groups excluding carboxylic acids is 3. The molecule has 0 aromatic rings. The van der Waals surface area contributed by atoms with Crippen molar-refractivity contribution >= 4 is 23.6 Å². The Morgan fingerprint density at radius 1 is 1.40 bits per heavy atom. The summed E-state index contributed by atoms with van der Waals surface area (Å²) in [5, 5.41) is 0. The van der Waals surface area contributed by atoms with Crippen LogP contribution in [0.4, 0.5) is 4.79 Å². The van der Waals surface area contributed by atoms with Gasteiger partial charge in [0.2, 0.25) is 5.91 Å². The van der Waals surface area contributed by atoms with Crippen molar-refractivity contribution < 1.29 is 23.9 Å². The van der Waals surface area contributed by atoms with Gasteiger partial charge in [0.1, 0.15) is 0 Å². The zero-order valence-corrected chi connectivity index (χ0v) is 11.2. The number of hydrogen-bond donors (Lipinski definition) is 0. The first-order chi connectivity index (χ1) is 9.58. The minimum absolute atomic E-state index is 0.156. The van der Waals surface area contributed by atoms with Crippen LogP contribution in [0.1, 0.15) is 0 Å². The van der Waals surface area contributed by atoms with E-state index < -0.39 is 17.9 Å². The molecule has 0 bridgehead atoms. The number of imide groups is 1. The van der Waals surface area contributed by atoms with E-state index in [1.54, 1.807) is 6.08 Å². The van der Waals surface area contributed by atoms with Crippen LogP contribution in [0.15, 0.2) is 28.8 Å². The van der Waals surface area contributed by atoms with Crippen molar-refractivity contribution in [2.45, 2.75) is 0 Å². The second-order valence-electron chi connectivity index (χ2n) is 4.23. The van der Waals surface area contributed by atoms with E-state index in [9.17, 15) is 14.4 Å². The molecule has 1 aliphatic carbocycles. The molecule has 0 spiro atoms. The van der Waals surface area contributed by atoms with Gasteiger partial charge in [0.15, 0.2) is 0 Å². The smallest absolute Gasteiger partial charge is 0.350 e. The maximum absolute atomic E-state index is 12.2. The summed E-state index contributed by atoms with van der Waals surface area (Å²) >= 11 is 0. The van der Waals surface area contributed by atoms with Crippen LogP contribution in [0.5, 0.6) is 0 Å². The third kappa shape index (κ3) is 2.53. The van der Waals surface area contributed by atoms with Gasteiger partial charge in [-0.05, 0) is 6.08 Å². The maximum atomic E-state index is 12.2. The molecule has 0 radical (unpaired) electrons. The van der Waals surface area contributed by atoms with E-state index in [1.807, 2.05) is 0 Å². The van der Waals surface area contributed by atoms with Crippen LogP contribution < -0.4 is 0 Å². The Balaban J connectivity index is 2.26. The Kier molecular flexibility index (Phi) is 4.09. The van der Waals surface area contributed by atoms with Gasteiger partial charge in [-0.1, -0.05) is 12.2 Å². The van der Waals surface area contributed by atoms with Gasteiger partial charge in [-0.3, -0.25) is 9.69 Å². The summed E-state index contributed by atoms with van der Waals surface area (Å²) in [7, 11) is 2.74. The fourth-order valence-corrected chi connectivity index (χ4v) is 1.97. The summed E-state index contributed by atoms with van der Waals surface area (Å²) in [5.74, 6) is -1.55. The van der Waals surface area contributed by atoms with Gasteiger partial charge in [-0.15, -0.1) is 0 Å². The fourth-order valence-electron chi connectivity index (χ4n) is 1.97. The lowest BCUT2D eigenvalue weighted by atomic mass is 9.92. The summed E-state index contributed by atoms with van der Waals surface area (Å²) < 4.78 is 9.44. The quantitative estimate of drug-likeness (QED) is 0.691. The number of nitrogens with zero attached hydrogens (tertiary/aromatic N) is 2. The van der Waals surface area contributed by atoms with Crippen LogP contribution in [0.2, 0.25) is 0 Å². The molecule has 1 heterocycles. The van der Waals surface area contributed by atoms with Crippen molar-refractivity contribution in [2.24, 2.45) is 10.9 Å². The second-order valence-corrected chi connectivity index (χ2v) is 4.23. The molecule has 106 valence electrons. The molecule has 1 unspecified atom stereocenters. The zero-order chi connectivity index (χ0) is 14.7. The monoisotopic (exact) mass is 278 g/mol. The van der Waals surface area contributed by atoms with E-state index >= 15 is 0 Å². The van der Waals surface area contributed by atoms with Crippen LogP contribution in [-0.4, -0.2) is 55.9 Å². The molecule has 20 heavy (non-hydrogen) atoms. The molecule has 0 fully saturated rings. The van der Waals surface area contributed by atoms with Gasteiger partial charge in [0, 0.05) is 7.11 Å². The zero-order valence-electron chi connectivity index (χ0n) is 11.2. The minimum Gasteiger partial charge on any atom is -0.465 e. The lowest BCUT2D eigenvalue weighted by Crippen LogP contribution is -2.47. The van der Waals surface area contributed by atoms with Crippen LogP contribution >= 0.6 is 0 Å². The number of aliphatic imine (C=N–C) groups is 1. The summed E-state index contributed by atoms with van der Waals surface area (Å²) in [5.41, 5.74) is 0.519. The Labute approximate surface area is 115 Å². The Hall–Kier alpha value is -2.28. The second kappa shape index (κ2) is 5.79. The first kappa shape index (κ1) is 14.1. The number of fused-ring (bicyclic) bond motifs is 1. The number of esters is 1. The Morgan fingerprint density at radius 3 is 2.80 bits per heavy atom. The van der Waals surface area contributed by atoms with Crippen molar-refractivity contribution in [3.63, 3.8) is 0 Å². The molecule has 2 aliphatic rings. The number of rotatable bonds is 4. The van der Waals surface area contributed by atoms with E-state index in [4.69, 9.17) is 4.74 Å². The summed E-state index contributed by atoms with van der Waals surface area (Å²) in [6, 6.07) is -0.644. The average Bonchev–Trinajstić information content (AvgIpc) is 2.45. The highest BCUT2D eigenvalue weighted by Gasteiger charge is 2.36. The van der Waals surface area contributed by atoms with Gasteiger partial charge < -0.3 is 9.47 Å². The molecule has 1 atom stereocenters. The van der Waals surface area contributed by atoms with Gasteiger partial charge in [0.25, 0.3) is 0 Å². The van der Waals surface area contributed by atoms with Crippen molar-refractivity contribution in [2.75, 3.05) is 27.4 Å². The number of methoxy groups -OCH3 is 2. The molecule has 3 amide bonds. The van der Waals surface area contributed by atoms with E-state index in [-0.39, 0.29) is 30.3 Å². The summed E-state index contributed by atoms with van der Waals surface area (Å²) in [6.45, 7) is 0.408. The van der Waals surface area contributed by atoms with E-state index in [0.717, 1.165) is 4.90 Å². The highest BCUT2D eigenvalue weighted by atomic mass is 16.5. The lowest BCUT2D eigenvalue weighted by Gasteiger charge is -2.28. The first-order valence-electron chi connectivity index (χ1n) is 5.99. The maximum Gasteiger partial charge on any atom is 0.350 e. The van der Waals surface area contributed by atoms with E-state index in [2.05, 4.69) is 9.73 Å². The SMILES string of the molecule is COCCN1C(=O)N=C2C=C(C(=O)OC)C=CC2C1=O. The van der Waals surface area contributed by atoms with Gasteiger partial charge in [-0.25, -0.2) is 9.59 Å². The molecule has 0 saturated heterocycles. The molecule has 7 nitrogen and oxygen atoms in total. The summed E-state index contributed by atoms with van der Waals surface area (Å²) in [6.07, 6.45) is 4.44. The van der Waals surface area contributed by atoms with Crippen molar-refractivity contribution in [1.29, 1.82) is 0 Å². The van der Waals surface area contributed by atoms with Gasteiger partial charge in [-0.2, -0.15) is 4.99 Å². The number of hydrogen-bond acceptors (Lipinski definition) is 5.